The van der Waals surface area contributed by atoms with Crippen molar-refractivity contribution in [2.75, 3.05) is 6.54 Å². The molecule has 0 bridgehead atoms. The number of benzene rings is 1. The molecule has 0 spiro atoms. The monoisotopic (exact) mass is 281 g/mol. The molecule has 0 aliphatic rings. The van der Waals surface area contributed by atoms with Crippen LogP contribution in [0.4, 0.5) is 8.78 Å². The van der Waals surface area contributed by atoms with Crippen LogP contribution in [-0.4, -0.2) is 17.6 Å². The molecular formula is C14H13F2NO3. The van der Waals surface area contributed by atoms with Gasteiger partial charge in [0.1, 0.15) is 34.8 Å². The summed E-state index contributed by atoms with van der Waals surface area (Å²) in [6.07, 6.45) is -1.08. The Bertz CT molecular complexity index is 604. The van der Waals surface area contributed by atoms with Crippen LogP contribution in [-0.2, 0) is 0 Å². The van der Waals surface area contributed by atoms with Gasteiger partial charge in [-0.1, -0.05) is 6.07 Å². The van der Waals surface area contributed by atoms with Crippen LogP contribution in [0, 0.1) is 18.6 Å². The lowest BCUT2D eigenvalue weighted by Crippen LogP contribution is -2.29. The van der Waals surface area contributed by atoms with Gasteiger partial charge in [0.05, 0.1) is 6.54 Å². The summed E-state index contributed by atoms with van der Waals surface area (Å²) in [5.41, 5.74) is -0.671. The maximum Gasteiger partial charge on any atom is 0.257 e. The predicted molar refractivity (Wildman–Crippen MR) is 67.1 cm³/mol. The molecule has 2 N–H and O–H groups in total. The molecule has 1 heterocycles. The average Bonchev–Trinajstić information content (AvgIpc) is 2.82. The Morgan fingerprint density at radius 1 is 1.30 bits per heavy atom. The highest BCUT2D eigenvalue weighted by Gasteiger charge is 2.19. The Balaban J connectivity index is 2.02. The molecule has 20 heavy (non-hydrogen) atoms. The molecule has 1 atom stereocenters. The van der Waals surface area contributed by atoms with Crippen molar-refractivity contribution in [1.82, 2.24) is 5.32 Å². The van der Waals surface area contributed by atoms with Gasteiger partial charge in [-0.25, -0.2) is 8.78 Å². The van der Waals surface area contributed by atoms with Crippen molar-refractivity contribution in [3.63, 3.8) is 0 Å². The summed E-state index contributed by atoms with van der Waals surface area (Å²) < 4.78 is 31.9. The Labute approximate surface area is 114 Å². The van der Waals surface area contributed by atoms with E-state index in [1.165, 1.54) is 6.07 Å². The highest BCUT2D eigenvalue weighted by atomic mass is 19.1. The first kappa shape index (κ1) is 14.2. The van der Waals surface area contributed by atoms with Crippen LogP contribution in [0.2, 0.25) is 0 Å². The summed E-state index contributed by atoms with van der Waals surface area (Å²) in [6, 6.07) is 6.38. The van der Waals surface area contributed by atoms with E-state index in [1.54, 1.807) is 19.1 Å². The maximum atomic E-state index is 13.4. The molecule has 0 saturated heterocycles. The number of carbonyl (C=O) groups is 1. The molecule has 2 aromatic rings. The number of carbonyl (C=O) groups excluding carboxylic acids is 1. The molecule has 106 valence electrons. The van der Waals surface area contributed by atoms with E-state index in [4.69, 9.17) is 4.42 Å². The highest BCUT2D eigenvalue weighted by molar-refractivity contribution is 5.94. The van der Waals surface area contributed by atoms with Gasteiger partial charge in [0, 0.05) is 0 Å². The lowest BCUT2D eigenvalue weighted by molar-refractivity contribution is 0.0892. The minimum Gasteiger partial charge on any atom is -0.464 e. The average molecular weight is 281 g/mol. The molecule has 1 unspecified atom stereocenters. The first-order chi connectivity index (χ1) is 9.49. The number of nitrogens with one attached hydrogen (secondary N) is 1. The fourth-order valence-corrected chi connectivity index (χ4v) is 1.73. The molecule has 0 radical (unpaired) electrons. The number of halogens is 2. The summed E-state index contributed by atoms with van der Waals surface area (Å²) in [5, 5.41) is 12.0. The second kappa shape index (κ2) is 5.83. The van der Waals surface area contributed by atoms with Gasteiger partial charge in [0.2, 0.25) is 0 Å². The third-order valence-electron chi connectivity index (χ3n) is 2.74. The molecular weight excluding hydrogens is 268 g/mol. The fourth-order valence-electron chi connectivity index (χ4n) is 1.73. The van der Waals surface area contributed by atoms with Gasteiger partial charge in [-0.2, -0.15) is 0 Å². The van der Waals surface area contributed by atoms with Crippen molar-refractivity contribution in [3.05, 3.63) is 59.1 Å². The van der Waals surface area contributed by atoms with E-state index in [-0.39, 0.29) is 12.3 Å². The van der Waals surface area contributed by atoms with Crippen molar-refractivity contribution in [2.45, 2.75) is 13.0 Å². The van der Waals surface area contributed by atoms with Crippen LogP contribution in [0.25, 0.3) is 0 Å². The second-order valence-electron chi connectivity index (χ2n) is 4.27. The van der Waals surface area contributed by atoms with Crippen LogP contribution >= 0.6 is 0 Å². The standard InChI is InChI=1S/C14H13F2NO3/c1-8-5-6-12(20-8)11(18)7-17-14(19)13-9(15)3-2-4-10(13)16/h2-6,11,18H,7H2,1H3,(H,17,19). The molecule has 1 amide bonds. The Kier molecular flexibility index (Phi) is 4.14. The summed E-state index contributed by atoms with van der Waals surface area (Å²) in [4.78, 5) is 11.7. The summed E-state index contributed by atoms with van der Waals surface area (Å²) >= 11 is 0. The van der Waals surface area contributed by atoms with Gasteiger partial charge in [-0.3, -0.25) is 4.79 Å². The van der Waals surface area contributed by atoms with Crippen molar-refractivity contribution in [2.24, 2.45) is 0 Å². The molecule has 0 aliphatic heterocycles. The van der Waals surface area contributed by atoms with E-state index >= 15 is 0 Å². The van der Waals surface area contributed by atoms with Gasteiger partial charge in [-0.05, 0) is 31.2 Å². The zero-order chi connectivity index (χ0) is 14.7. The molecule has 2 rings (SSSR count). The Morgan fingerprint density at radius 3 is 2.50 bits per heavy atom. The van der Waals surface area contributed by atoms with Crippen LogP contribution in [0.1, 0.15) is 28.0 Å². The van der Waals surface area contributed by atoms with Crippen molar-refractivity contribution < 1.29 is 23.1 Å². The zero-order valence-corrected chi connectivity index (χ0v) is 10.7. The number of hydrogen-bond acceptors (Lipinski definition) is 3. The quantitative estimate of drug-likeness (QED) is 0.904. The topological polar surface area (TPSA) is 62.5 Å². The van der Waals surface area contributed by atoms with Crippen molar-refractivity contribution in [1.29, 1.82) is 0 Å². The van der Waals surface area contributed by atoms with Crippen LogP contribution in [0.15, 0.2) is 34.7 Å². The number of amides is 1. The number of aliphatic hydroxyl groups is 1. The van der Waals surface area contributed by atoms with Crippen LogP contribution < -0.4 is 5.32 Å². The number of aliphatic hydroxyl groups excluding tert-OH is 1. The first-order valence-electron chi connectivity index (χ1n) is 5.95. The van der Waals surface area contributed by atoms with Crippen molar-refractivity contribution >= 4 is 5.91 Å². The molecule has 0 saturated carbocycles. The molecule has 6 heteroatoms. The normalized spacial score (nSPS) is 12.2. The van der Waals surface area contributed by atoms with Gasteiger partial charge in [0.25, 0.3) is 5.91 Å². The first-order valence-corrected chi connectivity index (χ1v) is 5.95. The summed E-state index contributed by atoms with van der Waals surface area (Å²) in [5.74, 6) is -1.94. The van der Waals surface area contributed by atoms with E-state index in [9.17, 15) is 18.7 Å². The van der Waals surface area contributed by atoms with Gasteiger partial charge in [-0.15, -0.1) is 0 Å². The highest BCUT2D eigenvalue weighted by Crippen LogP contribution is 2.16. The third-order valence-corrected chi connectivity index (χ3v) is 2.74. The van der Waals surface area contributed by atoms with Gasteiger partial charge in [0.15, 0.2) is 0 Å². The molecule has 4 nitrogen and oxygen atoms in total. The van der Waals surface area contributed by atoms with Crippen molar-refractivity contribution in [3.8, 4) is 0 Å². The predicted octanol–water partition coefficient (Wildman–Crippen LogP) is 2.33. The van der Waals surface area contributed by atoms with E-state index in [0.29, 0.717) is 5.76 Å². The van der Waals surface area contributed by atoms with Gasteiger partial charge >= 0.3 is 0 Å². The largest absolute Gasteiger partial charge is 0.464 e. The fraction of sp³-hybridized carbons (Fsp3) is 0.214. The van der Waals surface area contributed by atoms with E-state index in [0.717, 1.165) is 12.1 Å². The second-order valence-corrected chi connectivity index (χ2v) is 4.27. The molecule has 0 aliphatic carbocycles. The minimum absolute atomic E-state index is 0.209. The van der Waals surface area contributed by atoms with E-state index in [1.807, 2.05) is 0 Å². The Morgan fingerprint density at radius 2 is 1.95 bits per heavy atom. The maximum absolute atomic E-state index is 13.4. The minimum atomic E-state index is -1.08. The number of rotatable bonds is 4. The van der Waals surface area contributed by atoms with E-state index < -0.39 is 29.2 Å². The number of aryl methyl sites for hydroxylation is 1. The zero-order valence-electron chi connectivity index (χ0n) is 10.7. The SMILES string of the molecule is Cc1ccc(C(O)CNC(=O)c2c(F)cccc2F)o1. The van der Waals surface area contributed by atoms with Gasteiger partial charge < -0.3 is 14.8 Å². The lowest BCUT2D eigenvalue weighted by atomic mass is 10.1. The smallest absolute Gasteiger partial charge is 0.257 e. The molecule has 0 fully saturated rings. The van der Waals surface area contributed by atoms with E-state index in [2.05, 4.69) is 5.32 Å². The molecule has 1 aromatic carbocycles. The summed E-state index contributed by atoms with van der Waals surface area (Å²) in [6.45, 7) is 1.50. The Hall–Kier alpha value is -2.21. The summed E-state index contributed by atoms with van der Waals surface area (Å²) in [7, 11) is 0. The molecule has 1 aromatic heterocycles. The number of furan rings is 1. The third kappa shape index (κ3) is 3.03. The van der Waals surface area contributed by atoms with Crippen LogP contribution in [0.3, 0.4) is 0 Å². The lowest BCUT2D eigenvalue weighted by Gasteiger charge is -2.10. The number of hydrogen-bond donors (Lipinski definition) is 2. The van der Waals surface area contributed by atoms with Crippen LogP contribution in [0.5, 0.6) is 0 Å².